The molecule has 0 aromatic carbocycles. The van der Waals surface area contributed by atoms with Crippen LogP contribution < -0.4 is 0 Å². The quantitative estimate of drug-likeness (QED) is 0.274. The predicted molar refractivity (Wildman–Crippen MR) is 122 cm³/mol. The van der Waals surface area contributed by atoms with E-state index in [9.17, 15) is 4.79 Å². The van der Waals surface area contributed by atoms with Crippen molar-refractivity contribution in [3.8, 4) is 0 Å². The molecule has 2 aliphatic rings. The number of hydrogen-bond acceptors (Lipinski definition) is 1. The zero-order chi connectivity index (χ0) is 20.1. The molecule has 156 valence electrons. The van der Waals surface area contributed by atoms with Crippen LogP contribution in [0.5, 0.6) is 0 Å². The van der Waals surface area contributed by atoms with Gasteiger partial charge < -0.3 is 0 Å². The number of rotatable bonds is 11. The van der Waals surface area contributed by atoms with Gasteiger partial charge in [0.2, 0.25) is 0 Å². The van der Waals surface area contributed by atoms with Gasteiger partial charge in [-0.15, -0.1) is 0 Å². The Balaban J connectivity index is 2.30. The molecule has 0 aromatic heterocycles. The number of carbonyl (C=O) groups excluding carboxylic acids is 1. The van der Waals surface area contributed by atoms with E-state index in [-0.39, 0.29) is 10.8 Å². The van der Waals surface area contributed by atoms with Gasteiger partial charge in [-0.25, -0.2) is 0 Å². The molecule has 2 fully saturated rings. The van der Waals surface area contributed by atoms with Crippen LogP contribution in [0, 0.1) is 22.7 Å². The molecule has 0 aromatic rings. The van der Waals surface area contributed by atoms with Crippen molar-refractivity contribution in [2.45, 2.75) is 113 Å². The molecule has 0 saturated heterocycles. The number of carbonyl (C=O) groups is 1. The van der Waals surface area contributed by atoms with Crippen LogP contribution in [0.15, 0.2) is 10.2 Å². The van der Waals surface area contributed by atoms with Gasteiger partial charge in [0.25, 0.3) is 0 Å². The van der Waals surface area contributed by atoms with Crippen LogP contribution in [0.1, 0.15) is 99.3 Å². The van der Waals surface area contributed by atoms with Crippen LogP contribution in [0.4, 0.5) is 0 Å². The molecule has 3 atom stereocenters. The summed E-state index contributed by atoms with van der Waals surface area (Å²) >= 11 is -2.27. The Kier molecular flexibility index (Phi) is 8.53. The molecular weight excluding hydrogens is 435 g/mol. The number of allylic oxidation sites excluding steroid dienone is 1. The average Bonchev–Trinajstić information content (AvgIpc) is 2.87. The summed E-state index contributed by atoms with van der Waals surface area (Å²) in [5.74, 6) is 1.58. The molecule has 0 amide bonds. The molecule has 2 heteroatoms. The van der Waals surface area contributed by atoms with Gasteiger partial charge in [0.1, 0.15) is 0 Å². The van der Waals surface area contributed by atoms with Crippen molar-refractivity contribution in [2.75, 3.05) is 0 Å². The summed E-state index contributed by atoms with van der Waals surface area (Å²) < 4.78 is 7.42. The van der Waals surface area contributed by atoms with E-state index < -0.39 is 18.4 Å². The molecule has 0 radical (unpaired) electrons. The topological polar surface area (TPSA) is 17.1 Å². The van der Waals surface area contributed by atoms with E-state index in [1.807, 2.05) is 0 Å². The third kappa shape index (κ3) is 5.23. The van der Waals surface area contributed by atoms with Crippen molar-refractivity contribution in [3.63, 3.8) is 0 Å². The first-order valence-electron chi connectivity index (χ1n) is 12.0. The van der Waals surface area contributed by atoms with E-state index in [4.69, 9.17) is 0 Å². The molecule has 0 aliphatic heterocycles. The number of ketones is 1. The molecule has 0 spiro atoms. The summed E-state index contributed by atoms with van der Waals surface area (Å²) in [6, 6.07) is 0. The van der Waals surface area contributed by atoms with Crippen LogP contribution in [0.2, 0.25) is 13.3 Å². The molecule has 0 heterocycles. The molecule has 0 unspecified atom stereocenters. The maximum atomic E-state index is 12.9. The normalized spacial score (nSPS) is 30.4. The van der Waals surface area contributed by atoms with Gasteiger partial charge in [-0.1, -0.05) is 0 Å². The van der Waals surface area contributed by atoms with Crippen molar-refractivity contribution >= 4 is 24.2 Å². The van der Waals surface area contributed by atoms with Crippen molar-refractivity contribution in [2.24, 2.45) is 22.7 Å². The Morgan fingerprint density at radius 1 is 0.926 bits per heavy atom. The first kappa shape index (κ1) is 23.5. The fraction of sp³-hybridized carbons (Fsp3) is 0.880. The second kappa shape index (κ2) is 9.81. The molecule has 27 heavy (non-hydrogen) atoms. The van der Waals surface area contributed by atoms with Crippen molar-refractivity contribution in [3.05, 3.63) is 10.2 Å². The molecule has 2 saturated carbocycles. The van der Waals surface area contributed by atoms with Crippen LogP contribution >= 0.6 is 0 Å². The summed E-state index contributed by atoms with van der Waals surface area (Å²) in [6.07, 6.45) is 14.1. The molecule has 0 N–H and O–H groups in total. The maximum absolute atomic E-state index is 12.9. The number of fused-ring (bicyclic) bond motifs is 2. The average molecular weight is 481 g/mol. The Hall–Kier alpha value is 0.209. The third-order valence-electron chi connectivity index (χ3n) is 8.18. The summed E-state index contributed by atoms with van der Waals surface area (Å²) in [4.78, 5) is 12.9. The Labute approximate surface area is 174 Å². The van der Waals surface area contributed by atoms with Crippen LogP contribution in [0.3, 0.4) is 0 Å². The number of unbranched alkanes of at least 4 members (excludes halogenated alkanes) is 3. The summed E-state index contributed by atoms with van der Waals surface area (Å²) in [5.41, 5.74) is 0.309. The minimum atomic E-state index is -2.27. The summed E-state index contributed by atoms with van der Waals surface area (Å²) in [6.45, 7) is 14.2. The van der Waals surface area contributed by atoms with Gasteiger partial charge in [-0.3, -0.25) is 0 Å². The van der Waals surface area contributed by atoms with Crippen molar-refractivity contribution < 1.29 is 4.79 Å². The van der Waals surface area contributed by atoms with Crippen LogP contribution in [-0.4, -0.2) is 24.2 Å². The fourth-order valence-corrected chi connectivity index (χ4v) is 21.2. The predicted octanol–water partition coefficient (Wildman–Crippen LogP) is 7.96. The number of hydrogen-bond donors (Lipinski definition) is 0. The SMILES string of the molecule is CCC[CH2][Sn](/[CH]=C\[C@@]1(C)CC(=O)[C@H]2CC[C@@H]1C2(C)C)([CH2]CCC)[CH2]CCC. The second-order valence-corrected chi connectivity index (χ2v) is 23.7. The zero-order valence-electron chi connectivity index (χ0n) is 19.2. The zero-order valence-corrected chi connectivity index (χ0v) is 22.1. The molecule has 1 nitrogen and oxygen atoms in total. The van der Waals surface area contributed by atoms with Gasteiger partial charge in [-0.2, -0.15) is 0 Å². The van der Waals surface area contributed by atoms with E-state index in [1.54, 1.807) is 0 Å². The Bertz CT molecular complexity index is 499. The van der Waals surface area contributed by atoms with Gasteiger partial charge in [0, 0.05) is 0 Å². The van der Waals surface area contributed by atoms with Gasteiger partial charge >= 0.3 is 174 Å². The Morgan fingerprint density at radius 3 is 1.93 bits per heavy atom. The minimum absolute atomic E-state index is 0.112. The van der Waals surface area contributed by atoms with E-state index in [2.05, 4.69) is 51.7 Å². The van der Waals surface area contributed by atoms with E-state index in [0.717, 1.165) is 12.8 Å². The standard InChI is InChI=1S/C13H19O.3C4H9.Sn/c1-5-13(4)8-10(14)9-6-7-11(13)12(9,2)3;3*1-3-4-2;/h1,5,9,11H,6-8H2,2-4H3;3*1,3-4H2,2H3;/t9-,11-,13+;;;;/m1..../s1. The van der Waals surface area contributed by atoms with Crippen LogP contribution in [-0.2, 0) is 4.79 Å². The van der Waals surface area contributed by atoms with Gasteiger partial charge in [0.05, 0.1) is 0 Å². The van der Waals surface area contributed by atoms with E-state index >= 15 is 0 Å². The van der Waals surface area contributed by atoms with Crippen molar-refractivity contribution in [1.82, 2.24) is 0 Å². The fourth-order valence-electron chi connectivity index (χ4n) is 6.45. The van der Waals surface area contributed by atoms with Crippen molar-refractivity contribution in [1.29, 1.82) is 0 Å². The summed E-state index contributed by atoms with van der Waals surface area (Å²) in [5, 5.41) is 0. The molecular formula is C25H46OSn. The molecule has 2 bridgehead atoms. The van der Waals surface area contributed by atoms with Gasteiger partial charge in [0.15, 0.2) is 0 Å². The first-order chi connectivity index (χ1) is 12.7. The van der Waals surface area contributed by atoms with E-state index in [0.29, 0.717) is 17.6 Å². The molecule has 2 rings (SSSR count). The van der Waals surface area contributed by atoms with E-state index in [1.165, 1.54) is 58.3 Å². The summed E-state index contributed by atoms with van der Waals surface area (Å²) in [7, 11) is 0. The molecule has 2 aliphatic carbocycles. The monoisotopic (exact) mass is 482 g/mol. The number of Topliss-reactive ketones (excluding diaryl/α,β-unsaturated/α-hetero) is 1. The third-order valence-corrected chi connectivity index (χ3v) is 22.2. The Morgan fingerprint density at radius 2 is 1.44 bits per heavy atom. The second-order valence-electron chi connectivity index (χ2n) is 10.7. The first-order valence-corrected chi connectivity index (χ1v) is 19.7. The van der Waals surface area contributed by atoms with Crippen LogP contribution in [0.25, 0.3) is 0 Å². The van der Waals surface area contributed by atoms with Gasteiger partial charge in [-0.05, 0) is 0 Å².